The van der Waals surface area contributed by atoms with E-state index >= 15 is 0 Å². The molecule has 0 bridgehead atoms. The van der Waals surface area contributed by atoms with Crippen LogP contribution in [0.3, 0.4) is 0 Å². The monoisotopic (exact) mass is 257 g/mol. The van der Waals surface area contributed by atoms with Gasteiger partial charge in [0.1, 0.15) is 17.7 Å². The van der Waals surface area contributed by atoms with Gasteiger partial charge in [-0.25, -0.2) is 4.39 Å². The van der Waals surface area contributed by atoms with Gasteiger partial charge in [-0.2, -0.15) is 0 Å². The van der Waals surface area contributed by atoms with Crippen molar-refractivity contribution in [2.45, 2.75) is 18.9 Å². The Hall–Kier alpha value is -1.87. The average Bonchev–Trinajstić information content (AvgIpc) is 2.47. The molecule has 2 aromatic carbocycles. The topological polar surface area (TPSA) is 35.2 Å². The second-order valence-corrected chi connectivity index (χ2v) is 4.79. The highest BCUT2D eigenvalue weighted by Gasteiger charge is 2.22. The van der Waals surface area contributed by atoms with Gasteiger partial charge in [0.25, 0.3) is 0 Å². The summed E-state index contributed by atoms with van der Waals surface area (Å²) < 4.78 is 19.9. The number of halogens is 1. The molecule has 2 aromatic rings. The van der Waals surface area contributed by atoms with Crippen LogP contribution in [0.15, 0.2) is 42.5 Å². The highest BCUT2D eigenvalue weighted by molar-refractivity contribution is 5.73. The molecule has 1 aliphatic heterocycles. The molecule has 1 aliphatic rings. The molecule has 2 nitrogen and oxygen atoms in total. The molecular formula is C16H16FNO. The molecular weight excluding hydrogens is 241 g/mol. The molecule has 0 spiro atoms. The molecule has 0 aromatic heterocycles. The molecule has 1 atom stereocenters. The van der Waals surface area contributed by atoms with Crippen molar-refractivity contribution in [2.75, 3.05) is 6.54 Å². The van der Waals surface area contributed by atoms with Gasteiger partial charge in [-0.3, -0.25) is 0 Å². The summed E-state index contributed by atoms with van der Waals surface area (Å²) in [5.41, 5.74) is 8.20. The second-order valence-electron chi connectivity index (χ2n) is 4.79. The van der Waals surface area contributed by atoms with Crippen LogP contribution in [0, 0.1) is 5.82 Å². The quantitative estimate of drug-likeness (QED) is 0.897. The Kier molecular flexibility index (Phi) is 3.22. The number of hydrogen-bond acceptors (Lipinski definition) is 2. The lowest BCUT2D eigenvalue weighted by molar-refractivity contribution is 0.182. The number of nitrogens with two attached hydrogens (primary N) is 1. The fourth-order valence-electron chi connectivity index (χ4n) is 2.52. The average molecular weight is 257 g/mol. The summed E-state index contributed by atoms with van der Waals surface area (Å²) in [7, 11) is 0. The van der Waals surface area contributed by atoms with Gasteiger partial charge in [0.15, 0.2) is 0 Å². The number of aryl methyl sites for hydroxylation is 1. The third-order valence-corrected chi connectivity index (χ3v) is 3.54. The van der Waals surface area contributed by atoms with Gasteiger partial charge >= 0.3 is 0 Å². The molecule has 0 fully saturated rings. The van der Waals surface area contributed by atoms with Crippen LogP contribution in [-0.2, 0) is 6.42 Å². The molecule has 0 radical (unpaired) electrons. The Morgan fingerprint density at radius 1 is 1.11 bits per heavy atom. The van der Waals surface area contributed by atoms with Gasteiger partial charge in [0.2, 0.25) is 0 Å². The summed E-state index contributed by atoms with van der Waals surface area (Å²) in [5, 5.41) is 0. The predicted molar refractivity (Wildman–Crippen MR) is 73.6 cm³/mol. The van der Waals surface area contributed by atoms with E-state index in [4.69, 9.17) is 10.5 Å². The van der Waals surface area contributed by atoms with E-state index < -0.39 is 0 Å². The van der Waals surface area contributed by atoms with Crippen LogP contribution in [0.5, 0.6) is 5.75 Å². The Labute approximate surface area is 112 Å². The number of ether oxygens (including phenoxy) is 1. The van der Waals surface area contributed by atoms with Crippen molar-refractivity contribution in [1.82, 2.24) is 0 Å². The lowest BCUT2D eigenvalue weighted by atomic mass is 9.95. The first-order valence-electron chi connectivity index (χ1n) is 6.53. The number of rotatable bonds is 2. The van der Waals surface area contributed by atoms with Gasteiger partial charge < -0.3 is 10.5 Å². The van der Waals surface area contributed by atoms with E-state index in [1.54, 1.807) is 12.1 Å². The van der Waals surface area contributed by atoms with E-state index in [0.717, 1.165) is 29.7 Å². The summed E-state index contributed by atoms with van der Waals surface area (Å²) in [6, 6.07) is 12.7. The molecule has 0 saturated heterocycles. The first-order valence-corrected chi connectivity index (χ1v) is 6.53. The number of para-hydroxylation sites is 1. The molecule has 3 rings (SSSR count). The minimum absolute atomic E-state index is 0.0282. The fourth-order valence-corrected chi connectivity index (χ4v) is 2.52. The highest BCUT2D eigenvalue weighted by Crippen LogP contribution is 2.38. The second kappa shape index (κ2) is 5.02. The molecule has 0 unspecified atom stereocenters. The number of fused-ring (bicyclic) bond motifs is 1. The SMILES string of the molecule is NC[C@H]1CCc2cccc(-c3ccccc3F)c2O1. The van der Waals surface area contributed by atoms with E-state index in [2.05, 4.69) is 0 Å². The lowest BCUT2D eigenvalue weighted by Crippen LogP contribution is -2.30. The van der Waals surface area contributed by atoms with E-state index in [0.29, 0.717) is 12.1 Å². The van der Waals surface area contributed by atoms with Crippen LogP contribution >= 0.6 is 0 Å². The first-order chi connectivity index (χ1) is 9.29. The van der Waals surface area contributed by atoms with Crippen molar-refractivity contribution in [1.29, 1.82) is 0 Å². The van der Waals surface area contributed by atoms with Gasteiger partial charge in [-0.15, -0.1) is 0 Å². The van der Waals surface area contributed by atoms with Crippen LogP contribution < -0.4 is 10.5 Å². The van der Waals surface area contributed by atoms with Crippen LogP contribution in [0.2, 0.25) is 0 Å². The van der Waals surface area contributed by atoms with Crippen LogP contribution in [0.4, 0.5) is 4.39 Å². The predicted octanol–water partition coefficient (Wildman–Crippen LogP) is 3.15. The summed E-state index contributed by atoms with van der Waals surface area (Å²) in [4.78, 5) is 0. The van der Waals surface area contributed by atoms with E-state index in [9.17, 15) is 4.39 Å². The lowest BCUT2D eigenvalue weighted by Gasteiger charge is -2.27. The Balaban J connectivity index is 2.11. The molecule has 0 saturated carbocycles. The number of hydrogen-bond donors (Lipinski definition) is 1. The zero-order valence-corrected chi connectivity index (χ0v) is 10.6. The van der Waals surface area contributed by atoms with Crippen molar-refractivity contribution < 1.29 is 9.13 Å². The van der Waals surface area contributed by atoms with Crippen molar-refractivity contribution in [3.63, 3.8) is 0 Å². The standard InChI is InChI=1S/C16H16FNO/c17-15-7-2-1-5-13(15)14-6-3-4-11-8-9-12(10-18)19-16(11)14/h1-7,12H,8-10,18H2/t12-/m1/s1. The summed E-state index contributed by atoms with van der Waals surface area (Å²) in [5.74, 6) is 0.559. The van der Waals surface area contributed by atoms with Crippen LogP contribution in [0.1, 0.15) is 12.0 Å². The zero-order valence-electron chi connectivity index (χ0n) is 10.6. The molecule has 3 heteroatoms. The molecule has 1 heterocycles. The minimum Gasteiger partial charge on any atom is -0.488 e. The maximum atomic E-state index is 13.9. The molecule has 98 valence electrons. The maximum Gasteiger partial charge on any atom is 0.131 e. The fraction of sp³-hybridized carbons (Fsp3) is 0.250. The molecule has 0 amide bonds. The van der Waals surface area contributed by atoms with Crippen LogP contribution in [-0.4, -0.2) is 12.6 Å². The van der Waals surface area contributed by atoms with E-state index in [1.165, 1.54) is 6.07 Å². The van der Waals surface area contributed by atoms with Crippen molar-refractivity contribution in [3.05, 3.63) is 53.8 Å². The number of benzene rings is 2. The van der Waals surface area contributed by atoms with Gasteiger partial charge in [-0.1, -0.05) is 36.4 Å². The Morgan fingerprint density at radius 3 is 2.68 bits per heavy atom. The molecule has 19 heavy (non-hydrogen) atoms. The van der Waals surface area contributed by atoms with Gasteiger partial charge in [-0.05, 0) is 24.5 Å². The van der Waals surface area contributed by atoms with E-state index in [-0.39, 0.29) is 11.9 Å². The summed E-state index contributed by atoms with van der Waals surface area (Å²) >= 11 is 0. The maximum absolute atomic E-state index is 13.9. The van der Waals surface area contributed by atoms with Gasteiger partial charge in [0, 0.05) is 17.7 Å². The third-order valence-electron chi connectivity index (χ3n) is 3.54. The smallest absolute Gasteiger partial charge is 0.131 e. The minimum atomic E-state index is -0.227. The molecule has 2 N–H and O–H groups in total. The Bertz CT molecular complexity index is 597. The zero-order chi connectivity index (χ0) is 13.2. The Morgan fingerprint density at radius 2 is 1.89 bits per heavy atom. The third kappa shape index (κ3) is 2.22. The van der Waals surface area contributed by atoms with Crippen molar-refractivity contribution in [2.24, 2.45) is 5.73 Å². The normalized spacial score (nSPS) is 17.7. The first kappa shape index (κ1) is 12.2. The summed E-state index contributed by atoms with van der Waals surface area (Å²) in [6.07, 6.45) is 1.88. The van der Waals surface area contributed by atoms with E-state index in [1.807, 2.05) is 24.3 Å². The van der Waals surface area contributed by atoms with Crippen LogP contribution in [0.25, 0.3) is 11.1 Å². The summed E-state index contributed by atoms with van der Waals surface area (Å²) in [6.45, 7) is 0.491. The van der Waals surface area contributed by atoms with Crippen molar-refractivity contribution in [3.8, 4) is 16.9 Å². The largest absolute Gasteiger partial charge is 0.488 e. The molecule has 0 aliphatic carbocycles. The van der Waals surface area contributed by atoms with Gasteiger partial charge in [0.05, 0.1) is 0 Å². The highest BCUT2D eigenvalue weighted by atomic mass is 19.1. The van der Waals surface area contributed by atoms with Crippen molar-refractivity contribution >= 4 is 0 Å².